The lowest BCUT2D eigenvalue weighted by atomic mass is 10.1. The van der Waals surface area contributed by atoms with Crippen LogP contribution in [-0.2, 0) is 11.3 Å². The van der Waals surface area contributed by atoms with E-state index in [0.717, 1.165) is 50.2 Å². The molecule has 7 nitrogen and oxygen atoms in total. The molecule has 1 heterocycles. The normalized spacial score (nSPS) is 10.9. The lowest BCUT2D eigenvalue weighted by Crippen LogP contribution is -2.30. The highest BCUT2D eigenvalue weighted by molar-refractivity contribution is 6.09. The number of methoxy groups -OCH3 is 2. The second-order valence-corrected chi connectivity index (χ2v) is 7.95. The van der Waals surface area contributed by atoms with Crippen molar-refractivity contribution in [1.82, 2.24) is 10.3 Å². The minimum atomic E-state index is -0.425. The quantitative estimate of drug-likeness (QED) is 0.351. The van der Waals surface area contributed by atoms with Crippen molar-refractivity contribution in [3.05, 3.63) is 66.2 Å². The summed E-state index contributed by atoms with van der Waals surface area (Å²) < 4.78 is 16.1. The lowest BCUT2D eigenvalue weighted by molar-refractivity contribution is 0.137. The van der Waals surface area contributed by atoms with Gasteiger partial charge in [0.2, 0.25) is 0 Å². The molecular weight excluding hydrogens is 418 g/mol. The summed E-state index contributed by atoms with van der Waals surface area (Å²) in [6.07, 6.45) is -0.425. The first-order valence-electron chi connectivity index (χ1n) is 10.7. The molecule has 0 aliphatic rings. The van der Waals surface area contributed by atoms with Gasteiger partial charge in [0.15, 0.2) is 0 Å². The van der Waals surface area contributed by atoms with Gasteiger partial charge >= 0.3 is 6.09 Å². The summed E-state index contributed by atoms with van der Waals surface area (Å²) in [7, 11) is 3.29. The molecule has 0 unspecified atom stereocenters. The highest BCUT2D eigenvalue weighted by Crippen LogP contribution is 2.36. The summed E-state index contributed by atoms with van der Waals surface area (Å²) in [6, 6.07) is 19.5. The molecule has 1 amide bonds. The number of anilines is 2. The lowest BCUT2D eigenvalue weighted by Gasteiger charge is -2.15. The van der Waals surface area contributed by atoms with Crippen LogP contribution in [0.1, 0.15) is 19.4 Å². The standard InChI is InChI=1S/C26H27N3O4/c1-16(2)27-26(30)33-15-17-5-7-18(8-6-17)28-25-21-11-9-20(32-4)14-24(21)29-23-12-10-19(31-3)13-22(23)25/h5-14,16H,15H2,1-4H3,(H,27,30)(H,28,29). The zero-order valence-corrected chi connectivity index (χ0v) is 19.1. The van der Waals surface area contributed by atoms with Crippen LogP contribution in [0.2, 0.25) is 0 Å². The van der Waals surface area contributed by atoms with E-state index in [4.69, 9.17) is 19.2 Å². The Labute approximate surface area is 192 Å². The number of pyridine rings is 1. The Morgan fingerprint density at radius 2 is 1.58 bits per heavy atom. The van der Waals surface area contributed by atoms with Crippen LogP contribution in [0.5, 0.6) is 11.5 Å². The minimum absolute atomic E-state index is 0.0349. The maximum Gasteiger partial charge on any atom is 0.407 e. The predicted molar refractivity (Wildman–Crippen MR) is 131 cm³/mol. The van der Waals surface area contributed by atoms with Gasteiger partial charge in [-0.2, -0.15) is 0 Å². The summed E-state index contributed by atoms with van der Waals surface area (Å²) in [5, 5.41) is 8.17. The zero-order valence-electron chi connectivity index (χ0n) is 19.1. The third kappa shape index (κ3) is 5.09. The molecule has 4 aromatic rings. The van der Waals surface area contributed by atoms with Gasteiger partial charge in [0, 0.05) is 28.6 Å². The summed E-state index contributed by atoms with van der Waals surface area (Å²) in [6.45, 7) is 3.98. The van der Waals surface area contributed by atoms with E-state index in [9.17, 15) is 4.79 Å². The van der Waals surface area contributed by atoms with Crippen molar-refractivity contribution in [2.75, 3.05) is 19.5 Å². The Kier molecular flexibility index (Phi) is 6.49. The van der Waals surface area contributed by atoms with E-state index >= 15 is 0 Å². The van der Waals surface area contributed by atoms with Gasteiger partial charge in [0.25, 0.3) is 0 Å². The summed E-state index contributed by atoms with van der Waals surface area (Å²) >= 11 is 0. The molecule has 170 valence electrons. The fraction of sp³-hybridized carbons (Fsp3) is 0.231. The number of hydrogen-bond acceptors (Lipinski definition) is 6. The van der Waals surface area contributed by atoms with Crippen molar-refractivity contribution in [2.45, 2.75) is 26.5 Å². The number of nitrogens with zero attached hydrogens (tertiary/aromatic N) is 1. The number of aromatic nitrogens is 1. The number of benzene rings is 3. The molecule has 4 rings (SSSR count). The monoisotopic (exact) mass is 445 g/mol. The number of ether oxygens (including phenoxy) is 3. The molecule has 33 heavy (non-hydrogen) atoms. The number of fused-ring (bicyclic) bond motifs is 2. The second kappa shape index (κ2) is 9.65. The number of amides is 1. The predicted octanol–water partition coefficient (Wildman–Crippen LogP) is 5.78. The number of alkyl carbamates (subject to hydrolysis) is 1. The van der Waals surface area contributed by atoms with Crippen LogP contribution in [0.3, 0.4) is 0 Å². The average Bonchev–Trinajstić information content (AvgIpc) is 2.82. The summed E-state index contributed by atoms with van der Waals surface area (Å²) in [5.41, 5.74) is 4.40. The molecule has 1 aromatic heterocycles. The molecule has 0 atom stereocenters. The molecule has 0 spiro atoms. The molecule has 0 aliphatic carbocycles. The Morgan fingerprint density at radius 1 is 0.879 bits per heavy atom. The average molecular weight is 446 g/mol. The Hall–Kier alpha value is -4.00. The van der Waals surface area contributed by atoms with Crippen LogP contribution < -0.4 is 20.1 Å². The first-order valence-corrected chi connectivity index (χ1v) is 10.7. The first kappa shape index (κ1) is 22.2. The van der Waals surface area contributed by atoms with Crippen molar-refractivity contribution in [2.24, 2.45) is 0 Å². The Balaban J connectivity index is 1.65. The van der Waals surface area contributed by atoms with Gasteiger partial charge in [0.05, 0.1) is 30.9 Å². The van der Waals surface area contributed by atoms with Crippen molar-refractivity contribution in [3.8, 4) is 11.5 Å². The molecule has 0 bridgehead atoms. The van der Waals surface area contributed by atoms with Crippen molar-refractivity contribution >= 4 is 39.3 Å². The van der Waals surface area contributed by atoms with Gasteiger partial charge < -0.3 is 24.8 Å². The third-order valence-corrected chi connectivity index (χ3v) is 5.19. The van der Waals surface area contributed by atoms with E-state index in [0.29, 0.717) is 0 Å². The SMILES string of the molecule is COc1ccc2c(Nc3ccc(COC(=O)NC(C)C)cc3)c3cc(OC)ccc3nc2c1. The maximum absolute atomic E-state index is 11.7. The molecule has 0 fully saturated rings. The summed E-state index contributed by atoms with van der Waals surface area (Å²) in [4.78, 5) is 16.5. The van der Waals surface area contributed by atoms with Gasteiger partial charge in [-0.05, 0) is 61.9 Å². The number of carbonyl (C=O) groups is 1. The third-order valence-electron chi connectivity index (χ3n) is 5.19. The number of carbonyl (C=O) groups excluding carboxylic acids is 1. The fourth-order valence-electron chi connectivity index (χ4n) is 3.55. The van der Waals surface area contributed by atoms with Gasteiger partial charge in [-0.15, -0.1) is 0 Å². The molecular formula is C26H27N3O4. The van der Waals surface area contributed by atoms with E-state index in [-0.39, 0.29) is 12.6 Å². The molecule has 2 N–H and O–H groups in total. The van der Waals surface area contributed by atoms with Crippen molar-refractivity contribution in [1.29, 1.82) is 0 Å². The van der Waals surface area contributed by atoms with Crippen LogP contribution in [0.25, 0.3) is 21.8 Å². The van der Waals surface area contributed by atoms with E-state index in [1.807, 2.05) is 74.5 Å². The first-order chi connectivity index (χ1) is 16.0. The smallest absolute Gasteiger partial charge is 0.407 e. The topological polar surface area (TPSA) is 81.7 Å². The molecule has 0 saturated heterocycles. The maximum atomic E-state index is 11.7. The Morgan fingerprint density at radius 3 is 2.27 bits per heavy atom. The molecule has 0 saturated carbocycles. The van der Waals surface area contributed by atoms with E-state index in [2.05, 4.69) is 10.6 Å². The van der Waals surface area contributed by atoms with Crippen LogP contribution in [-0.4, -0.2) is 31.3 Å². The van der Waals surface area contributed by atoms with E-state index < -0.39 is 6.09 Å². The highest BCUT2D eigenvalue weighted by Gasteiger charge is 2.12. The van der Waals surface area contributed by atoms with Crippen LogP contribution >= 0.6 is 0 Å². The second-order valence-electron chi connectivity index (χ2n) is 7.95. The molecule has 7 heteroatoms. The van der Waals surface area contributed by atoms with Crippen LogP contribution in [0.15, 0.2) is 60.7 Å². The molecule has 0 radical (unpaired) electrons. The van der Waals surface area contributed by atoms with Crippen LogP contribution in [0.4, 0.5) is 16.2 Å². The Bertz CT molecular complexity index is 1290. The van der Waals surface area contributed by atoms with Gasteiger partial charge in [-0.25, -0.2) is 9.78 Å². The fourth-order valence-corrected chi connectivity index (χ4v) is 3.55. The van der Waals surface area contributed by atoms with E-state index in [1.165, 1.54) is 0 Å². The van der Waals surface area contributed by atoms with Crippen molar-refractivity contribution < 1.29 is 19.0 Å². The van der Waals surface area contributed by atoms with Gasteiger partial charge in [-0.1, -0.05) is 12.1 Å². The summed E-state index contributed by atoms with van der Waals surface area (Å²) in [5.74, 6) is 1.51. The van der Waals surface area contributed by atoms with Crippen LogP contribution in [0, 0.1) is 0 Å². The van der Waals surface area contributed by atoms with Crippen molar-refractivity contribution in [3.63, 3.8) is 0 Å². The number of nitrogens with one attached hydrogen (secondary N) is 2. The highest BCUT2D eigenvalue weighted by atomic mass is 16.5. The number of hydrogen-bond donors (Lipinski definition) is 2. The number of rotatable bonds is 7. The van der Waals surface area contributed by atoms with Gasteiger partial charge in [-0.3, -0.25) is 0 Å². The molecule has 3 aromatic carbocycles. The molecule has 0 aliphatic heterocycles. The minimum Gasteiger partial charge on any atom is -0.497 e. The largest absolute Gasteiger partial charge is 0.497 e. The zero-order chi connectivity index (χ0) is 23.4. The van der Waals surface area contributed by atoms with Gasteiger partial charge in [0.1, 0.15) is 18.1 Å². The van der Waals surface area contributed by atoms with E-state index in [1.54, 1.807) is 14.2 Å².